The third kappa shape index (κ3) is 4.02. The molecule has 8 heteroatoms. The number of nitrogens with one attached hydrogen (secondary N) is 1. The molecule has 1 saturated heterocycles. The van der Waals surface area contributed by atoms with Gasteiger partial charge in [-0.25, -0.2) is 9.03 Å². The van der Waals surface area contributed by atoms with E-state index in [2.05, 4.69) is 0 Å². The van der Waals surface area contributed by atoms with Crippen LogP contribution in [0.1, 0.15) is 5.56 Å². The average Bonchev–Trinajstić information content (AvgIpc) is 2.99. The first-order valence-corrected chi connectivity index (χ1v) is 10.4. The number of carbonyl (C=O) groups excluding carboxylic acids is 1. The molecule has 3 aromatic carbocycles. The predicted octanol–water partition coefficient (Wildman–Crippen LogP) is 2.70. The largest absolute Gasteiger partial charge is 0.487 e. The van der Waals surface area contributed by atoms with Crippen molar-refractivity contribution in [3.63, 3.8) is 0 Å². The topological polar surface area (TPSA) is 102 Å². The quantitative estimate of drug-likeness (QED) is 0.631. The van der Waals surface area contributed by atoms with Crippen LogP contribution in [0.5, 0.6) is 5.75 Å². The average molecular weight is 409 g/mol. The highest BCUT2D eigenvalue weighted by Gasteiger charge is 2.36. The van der Waals surface area contributed by atoms with Crippen LogP contribution in [0, 0.1) is 0 Å². The number of rotatable bonds is 5. The normalized spacial score (nSPS) is 15.2. The van der Waals surface area contributed by atoms with Gasteiger partial charge in [0, 0.05) is 5.69 Å². The maximum atomic E-state index is 12.4. The number of hydrogen-bond acceptors (Lipinski definition) is 5. The van der Waals surface area contributed by atoms with Gasteiger partial charge in [-0.3, -0.25) is 4.79 Å². The lowest BCUT2D eigenvalue weighted by atomic mass is 10.0. The highest BCUT2D eigenvalue weighted by Crippen LogP contribution is 2.36. The lowest BCUT2D eigenvalue weighted by Crippen LogP contribution is -2.29. The maximum absolute atomic E-state index is 12.4. The van der Waals surface area contributed by atoms with Gasteiger partial charge in [0.25, 0.3) is 5.91 Å². The van der Waals surface area contributed by atoms with Gasteiger partial charge >= 0.3 is 10.2 Å². The van der Waals surface area contributed by atoms with E-state index < -0.39 is 16.1 Å². The van der Waals surface area contributed by atoms with Crippen molar-refractivity contribution in [2.45, 2.75) is 6.61 Å². The summed E-state index contributed by atoms with van der Waals surface area (Å²) in [5, 5.41) is 0. The highest BCUT2D eigenvalue weighted by molar-refractivity contribution is 7.92. The summed E-state index contributed by atoms with van der Waals surface area (Å²) in [6.45, 7) is -0.0366. The second-order valence-electron chi connectivity index (χ2n) is 6.62. The first-order valence-electron chi connectivity index (χ1n) is 8.92. The number of anilines is 2. The minimum absolute atomic E-state index is 0.265. The molecule has 3 N–H and O–H groups in total. The standard InChI is InChI=1S/C21H19N3O4S/c22-18-8-4-7-16(11-18)17-9-10-20(28-14-15-5-2-1-3-6-15)19(12-17)24-13-21(25)23-29(24,26)27/h1-12H,13-14,22H2,(H,23,25). The van der Waals surface area contributed by atoms with Gasteiger partial charge in [0.05, 0.1) is 5.69 Å². The predicted molar refractivity (Wildman–Crippen MR) is 111 cm³/mol. The van der Waals surface area contributed by atoms with Crippen LogP contribution in [0.4, 0.5) is 11.4 Å². The zero-order chi connectivity index (χ0) is 20.4. The highest BCUT2D eigenvalue weighted by atomic mass is 32.2. The molecule has 1 aliphatic heterocycles. The summed E-state index contributed by atoms with van der Waals surface area (Å²) in [6, 6.07) is 22.0. The monoisotopic (exact) mass is 409 g/mol. The number of carbonyl (C=O) groups is 1. The number of nitrogens with zero attached hydrogens (tertiary/aromatic N) is 1. The molecule has 29 heavy (non-hydrogen) atoms. The Hall–Kier alpha value is -3.52. The molecule has 0 aromatic heterocycles. The van der Waals surface area contributed by atoms with Crippen LogP contribution in [-0.4, -0.2) is 20.9 Å². The van der Waals surface area contributed by atoms with E-state index in [4.69, 9.17) is 10.5 Å². The summed E-state index contributed by atoms with van der Waals surface area (Å²) < 4.78 is 33.8. The van der Waals surface area contributed by atoms with Gasteiger partial charge in [-0.15, -0.1) is 0 Å². The molecule has 0 aliphatic carbocycles. The van der Waals surface area contributed by atoms with Crippen molar-refractivity contribution in [3.8, 4) is 16.9 Å². The molecule has 1 amide bonds. The molecule has 0 saturated carbocycles. The van der Waals surface area contributed by atoms with Crippen molar-refractivity contribution in [1.29, 1.82) is 0 Å². The van der Waals surface area contributed by atoms with Crippen molar-refractivity contribution < 1.29 is 17.9 Å². The van der Waals surface area contributed by atoms with Gasteiger partial charge in [0.1, 0.15) is 18.9 Å². The lowest BCUT2D eigenvalue weighted by Gasteiger charge is -2.20. The summed E-state index contributed by atoms with van der Waals surface area (Å²) in [5.41, 5.74) is 9.29. The van der Waals surface area contributed by atoms with Crippen molar-refractivity contribution in [2.75, 3.05) is 16.6 Å². The Balaban J connectivity index is 1.75. The fraction of sp³-hybridized carbons (Fsp3) is 0.0952. The molecule has 0 unspecified atom stereocenters. The van der Waals surface area contributed by atoms with E-state index in [0.29, 0.717) is 17.1 Å². The summed E-state index contributed by atoms with van der Waals surface area (Å²) in [6.07, 6.45) is 0. The van der Waals surface area contributed by atoms with Gasteiger partial charge in [0.15, 0.2) is 0 Å². The summed E-state index contributed by atoms with van der Waals surface area (Å²) in [7, 11) is -3.97. The van der Waals surface area contributed by atoms with E-state index in [1.807, 2.05) is 53.3 Å². The van der Waals surface area contributed by atoms with E-state index in [-0.39, 0.29) is 13.2 Å². The molecule has 0 spiro atoms. The third-order valence-electron chi connectivity index (χ3n) is 4.50. The number of amides is 1. The molecule has 3 aromatic rings. The number of benzene rings is 3. The Morgan fingerprint density at radius 2 is 1.72 bits per heavy atom. The van der Waals surface area contributed by atoms with Crippen molar-refractivity contribution in [2.24, 2.45) is 0 Å². The minimum atomic E-state index is -3.97. The molecular weight excluding hydrogens is 390 g/mol. The molecule has 0 radical (unpaired) electrons. The number of nitrogens with two attached hydrogens (primary N) is 1. The van der Waals surface area contributed by atoms with Crippen LogP contribution < -0.4 is 19.5 Å². The zero-order valence-corrected chi connectivity index (χ0v) is 16.2. The van der Waals surface area contributed by atoms with E-state index >= 15 is 0 Å². The molecule has 0 bridgehead atoms. The van der Waals surface area contributed by atoms with E-state index in [9.17, 15) is 13.2 Å². The second-order valence-corrected chi connectivity index (χ2v) is 8.21. The smallest absolute Gasteiger partial charge is 0.326 e. The number of ether oxygens (including phenoxy) is 1. The SMILES string of the molecule is Nc1cccc(-c2ccc(OCc3ccccc3)c(N3CC(=O)NS3(=O)=O)c2)c1. The summed E-state index contributed by atoms with van der Waals surface area (Å²) in [4.78, 5) is 11.7. The van der Waals surface area contributed by atoms with Crippen LogP contribution in [0.3, 0.4) is 0 Å². The van der Waals surface area contributed by atoms with E-state index in [0.717, 1.165) is 21.0 Å². The molecule has 1 fully saturated rings. The van der Waals surface area contributed by atoms with Crippen LogP contribution in [0.2, 0.25) is 0 Å². The molecule has 0 atom stereocenters. The van der Waals surface area contributed by atoms with Gasteiger partial charge in [-0.2, -0.15) is 8.42 Å². The van der Waals surface area contributed by atoms with Crippen LogP contribution >= 0.6 is 0 Å². The van der Waals surface area contributed by atoms with Gasteiger partial charge in [0.2, 0.25) is 0 Å². The molecule has 7 nitrogen and oxygen atoms in total. The molecule has 148 valence electrons. The van der Waals surface area contributed by atoms with Crippen molar-refractivity contribution >= 4 is 27.5 Å². The molecule has 4 rings (SSSR count). The minimum Gasteiger partial charge on any atom is -0.487 e. The van der Waals surface area contributed by atoms with E-state index in [1.165, 1.54) is 0 Å². The van der Waals surface area contributed by atoms with Gasteiger partial charge in [-0.05, 0) is 41.0 Å². The molecule has 1 aliphatic rings. The van der Waals surface area contributed by atoms with Crippen molar-refractivity contribution in [1.82, 2.24) is 4.72 Å². The van der Waals surface area contributed by atoms with Crippen LogP contribution in [-0.2, 0) is 21.6 Å². The maximum Gasteiger partial charge on any atom is 0.326 e. The second kappa shape index (κ2) is 7.48. The molecule has 1 heterocycles. The van der Waals surface area contributed by atoms with Gasteiger partial charge < -0.3 is 10.5 Å². The Morgan fingerprint density at radius 3 is 2.41 bits per heavy atom. The Labute approximate surface area is 168 Å². The van der Waals surface area contributed by atoms with Crippen LogP contribution in [0.25, 0.3) is 11.1 Å². The number of nitrogen functional groups attached to an aromatic ring is 1. The summed E-state index contributed by atoms with van der Waals surface area (Å²) >= 11 is 0. The third-order valence-corrected chi connectivity index (χ3v) is 5.90. The first-order chi connectivity index (χ1) is 13.9. The van der Waals surface area contributed by atoms with Crippen molar-refractivity contribution in [3.05, 3.63) is 78.4 Å². The fourth-order valence-corrected chi connectivity index (χ4v) is 4.28. The summed E-state index contributed by atoms with van der Waals surface area (Å²) in [5.74, 6) is -0.227. The zero-order valence-electron chi connectivity index (χ0n) is 15.4. The molecular formula is C21H19N3O4S. The van der Waals surface area contributed by atoms with Gasteiger partial charge in [-0.1, -0.05) is 48.5 Å². The fourth-order valence-electron chi connectivity index (χ4n) is 3.13. The Kier molecular flexibility index (Phi) is 4.85. The Bertz CT molecular complexity index is 1160. The van der Waals surface area contributed by atoms with E-state index in [1.54, 1.807) is 24.3 Å². The Morgan fingerprint density at radius 1 is 0.966 bits per heavy atom. The first kappa shape index (κ1) is 18.8. The lowest BCUT2D eigenvalue weighted by molar-refractivity contribution is -0.117. The van der Waals surface area contributed by atoms with Crippen LogP contribution in [0.15, 0.2) is 72.8 Å². The number of hydrogen-bond donors (Lipinski definition) is 2.